The molecule has 1 heterocycles. The average molecular weight is 237 g/mol. The Morgan fingerprint density at radius 1 is 1.00 bits per heavy atom. The maximum absolute atomic E-state index is 5.96. The third kappa shape index (κ3) is 1.65. The van der Waals surface area contributed by atoms with Crippen molar-refractivity contribution in [1.82, 2.24) is 4.98 Å². The molecule has 0 aliphatic rings. The van der Waals surface area contributed by atoms with Crippen LogP contribution in [0.15, 0.2) is 48.5 Å². The van der Waals surface area contributed by atoms with Crippen LogP contribution < -0.4 is 11.5 Å². The Balaban J connectivity index is 2.23. The molecule has 3 aromatic rings. The van der Waals surface area contributed by atoms with Gasteiger partial charge in [0, 0.05) is 23.2 Å². The first-order valence-electron chi connectivity index (χ1n) is 5.95. The van der Waals surface area contributed by atoms with E-state index in [1.807, 2.05) is 30.3 Å². The van der Waals surface area contributed by atoms with Crippen molar-refractivity contribution in [2.75, 3.05) is 5.73 Å². The summed E-state index contributed by atoms with van der Waals surface area (Å²) in [4.78, 5) is 3.37. The van der Waals surface area contributed by atoms with E-state index in [4.69, 9.17) is 11.5 Å². The van der Waals surface area contributed by atoms with Crippen molar-refractivity contribution >= 4 is 16.6 Å². The number of hydrogen-bond acceptors (Lipinski definition) is 2. The van der Waals surface area contributed by atoms with Gasteiger partial charge in [0.1, 0.15) is 0 Å². The van der Waals surface area contributed by atoms with Gasteiger partial charge in [-0.05, 0) is 17.7 Å². The van der Waals surface area contributed by atoms with Crippen LogP contribution in [-0.4, -0.2) is 4.98 Å². The molecule has 0 bridgehead atoms. The maximum atomic E-state index is 5.96. The molecule has 0 saturated carbocycles. The Hall–Kier alpha value is -2.26. The summed E-state index contributed by atoms with van der Waals surface area (Å²) in [6, 6.07) is 16.2. The van der Waals surface area contributed by atoms with Crippen LogP contribution in [0.3, 0.4) is 0 Å². The number of para-hydroxylation sites is 1. The largest absolute Gasteiger partial charge is 0.397 e. The number of anilines is 1. The highest BCUT2D eigenvalue weighted by atomic mass is 14.8. The smallest absolute Gasteiger partial charge is 0.0692 e. The zero-order valence-electron chi connectivity index (χ0n) is 9.98. The molecule has 3 nitrogen and oxygen atoms in total. The standard InChI is InChI=1S/C15H15N3/c16-9-11-4-1-2-6-12(11)14-8-10-5-3-7-13(17)15(10)18-14/h1-8,18H,9,16-17H2. The molecule has 0 radical (unpaired) electrons. The molecule has 0 saturated heterocycles. The van der Waals surface area contributed by atoms with Crippen LogP contribution in [0.2, 0.25) is 0 Å². The minimum Gasteiger partial charge on any atom is -0.397 e. The van der Waals surface area contributed by atoms with E-state index in [0.29, 0.717) is 6.54 Å². The number of fused-ring (bicyclic) bond motifs is 1. The van der Waals surface area contributed by atoms with Crippen LogP contribution in [-0.2, 0) is 6.54 Å². The van der Waals surface area contributed by atoms with Gasteiger partial charge in [-0.1, -0.05) is 36.4 Å². The molecule has 3 heteroatoms. The zero-order valence-corrected chi connectivity index (χ0v) is 9.98. The number of aromatic nitrogens is 1. The minimum absolute atomic E-state index is 0.529. The summed E-state index contributed by atoms with van der Waals surface area (Å²) >= 11 is 0. The number of H-pyrrole nitrogens is 1. The summed E-state index contributed by atoms with van der Waals surface area (Å²) in [5.41, 5.74) is 16.8. The molecule has 90 valence electrons. The number of rotatable bonds is 2. The van der Waals surface area contributed by atoms with Gasteiger partial charge in [0.15, 0.2) is 0 Å². The normalized spacial score (nSPS) is 10.9. The molecular weight excluding hydrogens is 222 g/mol. The third-order valence-corrected chi connectivity index (χ3v) is 3.22. The number of aromatic amines is 1. The topological polar surface area (TPSA) is 67.8 Å². The summed E-state index contributed by atoms with van der Waals surface area (Å²) in [6.45, 7) is 0.529. The van der Waals surface area contributed by atoms with Gasteiger partial charge in [-0.25, -0.2) is 0 Å². The van der Waals surface area contributed by atoms with Crippen molar-refractivity contribution in [2.24, 2.45) is 5.73 Å². The summed E-state index contributed by atoms with van der Waals surface area (Å²) < 4.78 is 0. The Morgan fingerprint density at radius 2 is 1.83 bits per heavy atom. The highest BCUT2D eigenvalue weighted by molar-refractivity contribution is 5.94. The maximum Gasteiger partial charge on any atom is 0.0692 e. The number of nitrogen functional groups attached to an aromatic ring is 1. The van der Waals surface area contributed by atoms with E-state index in [2.05, 4.69) is 23.2 Å². The summed E-state index contributed by atoms with van der Waals surface area (Å²) in [6.07, 6.45) is 0. The lowest BCUT2D eigenvalue weighted by atomic mass is 10.0. The minimum atomic E-state index is 0.529. The second kappa shape index (κ2) is 4.20. The van der Waals surface area contributed by atoms with E-state index in [9.17, 15) is 0 Å². The van der Waals surface area contributed by atoms with Crippen LogP contribution in [0, 0.1) is 0 Å². The molecule has 5 N–H and O–H groups in total. The van der Waals surface area contributed by atoms with Gasteiger partial charge in [-0.2, -0.15) is 0 Å². The van der Waals surface area contributed by atoms with Gasteiger partial charge in [-0.15, -0.1) is 0 Å². The van der Waals surface area contributed by atoms with Crippen LogP contribution in [0.25, 0.3) is 22.2 Å². The number of nitrogens with two attached hydrogens (primary N) is 2. The van der Waals surface area contributed by atoms with Gasteiger partial charge in [0.05, 0.1) is 11.2 Å². The van der Waals surface area contributed by atoms with E-state index in [-0.39, 0.29) is 0 Å². The molecular formula is C15H15N3. The van der Waals surface area contributed by atoms with E-state index in [1.54, 1.807) is 0 Å². The van der Waals surface area contributed by atoms with Crippen molar-refractivity contribution in [2.45, 2.75) is 6.54 Å². The molecule has 18 heavy (non-hydrogen) atoms. The Labute approximate surface area is 105 Å². The van der Waals surface area contributed by atoms with Crippen LogP contribution in [0.4, 0.5) is 5.69 Å². The van der Waals surface area contributed by atoms with Gasteiger partial charge < -0.3 is 16.5 Å². The first-order valence-corrected chi connectivity index (χ1v) is 5.95. The molecule has 0 atom stereocenters. The van der Waals surface area contributed by atoms with Gasteiger partial charge in [0.2, 0.25) is 0 Å². The second-order valence-electron chi connectivity index (χ2n) is 4.36. The fourth-order valence-electron chi connectivity index (χ4n) is 2.29. The monoisotopic (exact) mass is 237 g/mol. The summed E-state index contributed by atoms with van der Waals surface area (Å²) in [7, 11) is 0. The Kier molecular flexibility index (Phi) is 2.54. The van der Waals surface area contributed by atoms with Crippen molar-refractivity contribution in [3.05, 3.63) is 54.1 Å². The second-order valence-corrected chi connectivity index (χ2v) is 4.36. The van der Waals surface area contributed by atoms with E-state index in [1.165, 1.54) is 0 Å². The predicted molar refractivity (Wildman–Crippen MR) is 76.0 cm³/mol. The fourth-order valence-corrected chi connectivity index (χ4v) is 2.29. The van der Waals surface area contributed by atoms with Crippen LogP contribution in [0.1, 0.15) is 5.56 Å². The van der Waals surface area contributed by atoms with Gasteiger partial charge >= 0.3 is 0 Å². The zero-order chi connectivity index (χ0) is 12.5. The third-order valence-electron chi connectivity index (χ3n) is 3.22. The SMILES string of the molecule is NCc1ccccc1-c1cc2cccc(N)c2[nH]1. The van der Waals surface area contributed by atoms with Gasteiger partial charge in [0.25, 0.3) is 0 Å². The lowest BCUT2D eigenvalue weighted by molar-refractivity contribution is 1.07. The summed E-state index contributed by atoms with van der Waals surface area (Å²) in [5.74, 6) is 0. The lowest BCUT2D eigenvalue weighted by Crippen LogP contribution is -1.98. The highest BCUT2D eigenvalue weighted by Crippen LogP contribution is 2.29. The number of hydrogen-bond donors (Lipinski definition) is 3. The first kappa shape index (κ1) is 10.9. The first-order chi connectivity index (χ1) is 8.79. The fraction of sp³-hybridized carbons (Fsp3) is 0.0667. The van der Waals surface area contributed by atoms with Crippen molar-refractivity contribution in [3.8, 4) is 11.3 Å². The van der Waals surface area contributed by atoms with Crippen LogP contribution in [0.5, 0.6) is 0 Å². The quantitative estimate of drug-likeness (QED) is 0.600. The van der Waals surface area contributed by atoms with E-state index in [0.717, 1.165) is 33.4 Å². The van der Waals surface area contributed by atoms with Crippen molar-refractivity contribution in [3.63, 3.8) is 0 Å². The van der Waals surface area contributed by atoms with Gasteiger partial charge in [-0.3, -0.25) is 0 Å². The van der Waals surface area contributed by atoms with E-state index >= 15 is 0 Å². The average Bonchev–Trinajstić information content (AvgIpc) is 2.84. The predicted octanol–water partition coefficient (Wildman–Crippen LogP) is 2.88. The summed E-state index contributed by atoms with van der Waals surface area (Å²) in [5, 5.41) is 1.12. The molecule has 0 spiro atoms. The molecule has 1 aromatic heterocycles. The van der Waals surface area contributed by atoms with E-state index < -0.39 is 0 Å². The van der Waals surface area contributed by atoms with Crippen LogP contribution >= 0.6 is 0 Å². The van der Waals surface area contributed by atoms with Crippen molar-refractivity contribution in [1.29, 1.82) is 0 Å². The molecule has 2 aromatic carbocycles. The Morgan fingerprint density at radius 3 is 2.61 bits per heavy atom. The molecule has 0 aliphatic heterocycles. The molecule has 0 unspecified atom stereocenters. The number of benzene rings is 2. The Bertz CT molecular complexity index is 698. The highest BCUT2D eigenvalue weighted by Gasteiger charge is 2.07. The lowest BCUT2D eigenvalue weighted by Gasteiger charge is -2.04. The number of nitrogens with one attached hydrogen (secondary N) is 1. The molecule has 0 amide bonds. The molecule has 0 fully saturated rings. The molecule has 3 rings (SSSR count). The molecule has 0 aliphatic carbocycles. The van der Waals surface area contributed by atoms with Crippen molar-refractivity contribution < 1.29 is 0 Å².